The SMILES string of the molecule is CCO.O=C(O)c1ccc([N+](=O)[O-])cc1. The third-order valence-electron chi connectivity index (χ3n) is 1.33. The molecule has 0 aliphatic carbocycles. The van der Waals surface area contributed by atoms with Gasteiger partial charge >= 0.3 is 5.97 Å². The molecule has 1 aromatic carbocycles. The minimum Gasteiger partial charge on any atom is -0.478 e. The molecule has 0 spiro atoms. The molecule has 0 aromatic heterocycles. The van der Waals surface area contributed by atoms with Crippen molar-refractivity contribution >= 4 is 11.7 Å². The highest BCUT2D eigenvalue weighted by molar-refractivity contribution is 5.87. The van der Waals surface area contributed by atoms with Crippen LogP contribution in [-0.2, 0) is 0 Å². The molecule has 0 amide bonds. The smallest absolute Gasteiger partial charge is 0.335 e. The summed E-state index contributed by atoms with van der Waals surface area (Å²) in [6, 6.07) is 4.70. The molecule has 0 aliphatic heterocycles. The number of aliphatic hydroxyl groups excluding tert-OH is 1. The van der Waals surface area contributed by atoms with Crippen molar-refractivity contribution in [3.63, 3.8) is 0 Å². The minimum absolute atomic E-state index is 0.0422. The van der Waals surface area contributed by atoms with E-state index in [2.05, 4.69) is 0 Å². The number of nitro groups is 1. The molecule has 0 bridgehead atoms. The first kappa shape index (κ1) is 13.1. The monoisotopic (exact) mass is 213 g/mol. The number of benzene rings is 1. The predicted molar refractivity (Wildman–Crippen MR) is 52.8 cm³/mol. The third kappa shape index (κ3) is 4.72. The average molecular weight is 213 g/mol. The summed E-state index contributed by atoms with van der Waals surface area (Å²) in [5.74, 6) is -1.09. The van der Waals surface area contributed by atoms with Gasteiger partial charge < -0.3 is 10.2 Å². The molecule has 82 valence electrons. The van der Waals surface area contributed by atoms with Crippen LogP contribution in [0.1, 0.15) is 17.3 Å². The van der Waals surface area contributed by atoms with Crippen molar-refractivity contribution in [2.24, 2.45) is 0 Å². The number of non-ortho nitro benzene ring substituents is 1. The average Bonchev–Trinajstić information content (AvgIpc) is 2.19. The molecule has 1 rings (SSSR count). The lowest BCUT2D eigenvalue weighted by Crippen LogP contribution is -1.96. The van der Waals surface area contributed by atoms with Crippen LogP contribution in [0.15, 0.2) is 24.3 Å². The summed E-state index contributed by atoms with van der Waals surface area (Å²) in [5, 5.41) is 26.2. The van der Waals surface area contributed by atoms with Crippen LogP contribution in [0.25, 0.3) is 0 Å². The van der Waals surface area contributed by atoms with E-state index in [9.17, 15) is 14.9 Å². The Balaban J connectivity index is 0.000000583. The molecule has 0 aliphatic rings. The summed E-state index contributed by atoms with van der Waals surface area (Å²) in [7, 11) is 0. The largest absolute Gasteiger partial charge is 0.478 e. The van der Waals surface area contributed by atoms with Gasteiger partial charge in [-0.25, -0.2) is 4.79 Å². The number of carbonyl (C=O) groups is 1. The maximum Gasteiger partial charge on any atom is 0.335 e. The Hall–Kier alpha value is -1.95. The quantitative estimate of drug-likeness (QED) is 0.569. The molecular weight excluding hydrogens is 202 g/mol. The Morgan fingerprint density at radius 1 is 1.40 bits per heavy atom. The summed E-state index contributed by atoms with van der Waals surface area (Å²) >= 11 is 0. The molecule has 6 nitrogen and oxygen atoms in total. The molecule has 0 radical (unpaired) electrons. The van der Waals surface area contributed by atoms with Crippen LogP contribution in [-0.4, -0.2) is 27.7 Å². The molecular formula is C9H11NO5. The van der Waals surface area contributed by atoms with Crippen molar-refractivity contribution < 1.29 is 19.9 Å². The fourth-order valence-electron chi connectivity index (χ4n) is 0.726. The first-order chi connectivity index (χ1) is 7.02. The number of carboxylic acid groups (broad SMARTS) is 1. The second kappa shape index (κ2) is 6.50. The van der Waals surface area contributed by atoms with Crippen LogP contribution >= 0.6 is 0 Å². The van der Waals surface area contributed by atoms with Crippen molar-refractivity contribution in [3.8, 4) is 0 Å². The second-order valence-electron chi connectivity index (χ2n) is 2.43. The molecule has 15 heavy (non-hydrogen) atoms. The molecule has 2 N–H and O–H groups in total. The lowest BCUT2D eigenvalue weighted by atomic mass is 10.2. The van der Waals surface area contributed by atoms with Crippen LogP contribution in [0.3, 0.4) is 0 Å². The van der Waals surface area contributed by atoms with Gasteiger partial charge in [0.25, 0.3) is 5.69 Å². The normalized spacial score (nSPS) is 8.67. The van der Waals surface area contributed by atoms with Crippen molar-refractivity contribution in [1.82, 2.24) is 0 Å². The van der Waals surface area contributed by atoms with Gasteiger partial charge in [-0.3, -0.25) is 10.1 Å². The molecule has 6 heteroatoms. The highest BCUT2D eigenvalue weighted by atomic mass is 16.6. The molecule has 1 aromatic rings. The van der Waals surface area contributed by atoms with Gasteiger partial charge in [0.05, 0.1) is 10.5 Å². The fourth-order valence-corrected chi connectivity index (χ4v) is 0.726. The van der Waals surface area contributed by atoms with Crippen LogP contribution in [0.5, 0.6) is 0 Å². The molecule has 0 saturated carbocycles. The zero-order valence-electron chi connectivity index (χ0n) is 8.08. The van der Waals surface area contributed by atoms with Crippen molar-refractivity contribution in [1.29, 1.82) is 0 Å². The lowest BCUT2D eigenvalue weighted by molar-refractivity contribution is -0.384. The number of hydrogen-bond acceptors (Lipinski definition) is 4. The Bertz CT molecular complexity index is 300. The molecule has 0 heterocycles. The number of nitro benzene ring substituents is 1. The standard InChI is InChI=1S/C7H5NO4.C2H6O/c9-7(10)5-1-3-6(4-2-5)8(11)12;1-2-3/h1-4H,(H,9,10);3H,2H2,1H3. The maximum atomic E-state index is 10.3. The van der Waals surface area contributed by atoms with E-state index in [1.807, 2.05) is 0 Å². The Kier molecular flexibility index (Phi) is 5.65. The van der Waals surface area contributed by atoms with Crippen LogP contribution < -0.4 is 0 Å². The van der Waals surface area contributed by atoms with Gasteiger partial charge in [0, 0.05) is 18.7 Å². The van der Waals surface area contributed by atoms with Crippen molar-refractivity contribution in [3.05, 3.63) is 39.9 Å². The van der Waals surface area contributed by atoms with Gasteiger partial charge in [0.1, 0.15) is 0 Å². The first-order valence-corrected chi connectivity index (χ1v) is 4.11. The lowest BCUT2D eigenvalue weighted by Gasteiger charge is -1.92. The molecule has 0 unspecified atom stereocenters. The van der Waals surface area contributed by atoms with Crippen LogP contribution in [0, 0.1) is 10.1 Å². The van der Waals surface area contributed by atoms with Gasteiger partial charge in [-0.2, -0.15) is 0 Å². The number of carboxylic acids is 1. The summed E-state index contributed by atoms with van der Waals surface area (Å²) < 4.78 is 0. The highest BCUT2D eigenvalue weighted by Crippen LogP contribution is 2.11. The number of aromatic carboxylic acids is 1. The van der Waals surface area contributed by atoms with Gasteiger partial charge in [0.15, 0.2) is 0 Å². The van der Waals surface area contributed by atoms with Gasteiger partial charge in [-0.1, -0.05) is 0 Å². The summed E-state index contributed by atoms with van der Waals surface area (Å²) in [6.45, 7) is 1.93. The predicted octanol–water partition coefficient (Wildman–Crippen LogP) is 1.29. The first-order valence-electron chi connectivity index (χ1n) is 4.11. The Labute approximate surface area is 85.9 Å². The van der Waals surface area contributed by atoms with E-state index in [0.717, 1.165) is 12.1 Å². The van der Waals surface area contributed by atoms with E-state index < -0.39 is 10.9 Å². The van der Waals surface area contributed by atoms with Gasteiger partial charge in [0.2, 0.25) is 0 Å². The van der Waals surface area contributed by atoms with E-state index >= 15 is 0 Å². The topological polar surface area (TPSA) is 101 Å². The van der Waals surface area contributed by atoms with E-state index in [1.54, 1.807) is 6.92 Å². The molecule has 0 fully saturated rings. The zero-order chi connectivity index (χ0) is 11.8. The molecule has 0 atom stereocenters. The van der Waals surface area contributed by atoms with Crippen molar-refractivity contribution in [2.45, 2.75) is 6.92 Å². The number of hydrogen-bond donors (Lipinski definition) is 2. The second-order valence-corrected chi connectivity index (χ2v) is 2.43. The number of rotatable bonds is 2. The van der Waals surface area contributed by atoms with Crippen molar-refractivity contribution in [2.75, 3.05) is 6.61 Å². The fraction of sp³-hybridized carbons (Fsp3) is 0.222. The summed E-state index contributed by atoms with van der Waals surface area (Å²) in [4.78, 5) is 19.9. The number of aliphatic hydroxyl groups is 1. The Morgan fingerprint density at radius 3 is 2.07 bits per heavy atom. The molecule has 0 saturated heterocycles. The van der Waals surface area contributed by atoms with Gasteiger partial charge in [-0.15, -0.1) is 0 Å². The summed E-state index contributed by atoms with van der Waals surface area (Å²) in [5.41, 5.74) is -0.0689. The van der Waals surface area contributed by atoms with Crippen LogP contribution in [0.4, 0.5) is 5.69 Å². The van der Waals surface area contributed by atoms with E-state index in [4.69, 9.17) is 10.2 Å². The number of nitrogens with zero attached hydrogens (tertiary/aromatic N) is 1. The van der Waals surface area contributed by atoms with E-state index in [1.165, 1.54) is 12.1 Å². The summed E-state index contributed by atoms with van der Waals surface area (Å²) in [6.07, 6.45) is 0. The van der Waals surface area contributed by atoms with Crippen LogP contribution in [0.2, 0.25) is 0 Å². The third-order valence-corrected chi connectivity index (χ3v) is 1.33. The van der Waals surface area contributed by atoms with Gasteiger partial charge in [-0.05, 0) is 19.1 Å². The van der Waals surface area contributed by atoms with E-state index in [-0.39, 0.29) is 17.9 Å². The maximum absolute atomic E-state index is 10.3. The van der Waals surface area contributed by atoms with E-state index in [0.29, 0.717) is 0 Å². The zero-order valence-corrected chi connectivity index (χ0v) is 8.08. The minimum atomic E-state index is -1.09. The Morgan fingerprint density at radius 2 is 1.80 bits per heavy atom. The highest BCUT2D eigenvalue weighted by Gasteiger charge is 2.06.